The molecule has 0 saturated carbocycles. The number of hydrogen-bond donors (Lipinski definition) is 2. The number of anilines is 1. The number of hydrogen-bond acceptors (Lipinski definition) is 4. The number of ether oxygens (including phenoxy) is 3. The van der Waals surface area contributed by atoms with Crippen molar-refractivity contribution >= 4 is 23.0 Å². The highest BCUT2D eigenvalue weighted by Crippen LogP contribution is 2.38. The lowest BCUT2D eigenvalue weighted by Gasteiger charge is -2.15. The fourth-order valence-corrected chi connectivity index (χ4v) is 2.46. The van der Waals surface area contributed by atoms with Crippen molar-refractivity contribution in [2.45, 2.75) is 13.5 Å². The highest BCUT2D eigenvalue weighted by Gasteiger charge is 2.13. The maximum absolute atomic E-state index is 13.6. The van der Waals surface area contributed by atoms with Gasteiger partial charge in [0.05, 0.1) is 21.3 Å². The molecule has 134 valence electrons. The van der Waals surface area contributed by atoms with Crippen molar-refractivity contribution in [1.82, 2.24) is 5.32 Å². The molecule has 25 heavy (non-hydrogen) atoms. The monoisotopic (exact) mass is 364 g/mol. The molecular formula is C18H21FN2O3S. The summed E-state index contributed by atoms with van der Waals surface area (Å²) in [7, 11) is 4.68. The van der Waals surface area contributed by atoms with Gasteiger partial charge < -0.3 is 24.8 Å². The third kappa shape index (κ3) is 4.73. The molecule has 0 aliphatic carbocycles. The molecule has 0 aromatic heterocycles. The Balaban J connectivity index is 2.04. The molecule has 0 bridgehead atoms. The molecule has 0 unspecified atom stereocenters. The van der Waals surface area contributed by atoms with Crippen LogP contribution in [0.15, 0.2) is 30.3 Å². The third-order valence-corrected chi connectivity index (χ3v) is 3.85. The Morgan fingerprint density at radius 2 is 1.68 bits per heavy atom. The summed E-state index contributed by atoms with van der Waals surface area (Å²) in [6.07, 6.45) is 0. The SMILES string of the molecule is COc1cc(CNC(=S)Nc2ccc(C)c(F)c2)cc(OC)c1OC. The van der Waals surface area contributed by atoms with E-state index in [1.807, 2.05) is 12.1 Å². The molecule has 2 N–H and O–H groups in total. The van der Waals surface area contributed by atoms with Gasteiger partial charge in [-0.3, -0.25) is 0 Å². The van der Waals surface area contributed by atoms with Gasteiger partial charge in [-0.25, -0.2) is 4.39 Å². The van der Waals surface area contributed by atoms with Crippen molar-refractivity contribution < 1.29 is 18.6 Å². The molecule has 0 saturated heterocycles. The van der Waals surface area contributed by atoms with E-state index in [-0.39, 0.29) is 5.82 Å². The lowest BCUT2D eigenvalue weighted by Crippen LogP contribution is -2.28. The average molecular weight is 364 g/mol. The van der Waals surface area contributed by atoms with Crippen LogP contribution in [0.2, 0.25) is 0 Å². The first-order chi connectivity index (χ1) is 12.0. The van der Waals surface area contributed by atoms with E-state index >= 15 is 0 Å². The number of rotatable bonds is 6. The Labute approximate surface area is 152 Å². The molecule has 0 spiro atoms. The molecule has 0 aliphatic rings. The highest BCUT2D eigenvalue weighted by atomic mass is 32.1. The molecule has 5 nitrogen and oxygen atoms in total. The number of aryl methyl sites for hydroxylation is 1. The second-order valence-electron chi connectivity index (χ2n) is 5.31. The van der Waals surface area contributed by atoms with E-state index in [0.29, 0.717) is 40.2 Å². The van der Waals surface area contributed by atoms with Gasteiger partial charge in [0.25, 0.3) is 0 Å². The van der Waals surface area contributed by atoms with E-state index < -0.39 is 0 Å². The normalized spacial score (nSPS) is 10.1. The Bertz CT molecular complexity index is 743. The molecule has 0 fully saturated rings. The summed E-state index contributed by atoms with van der Waals surface area (Å²) in [4.78, 5) is 0. The summed E-state index contributed by atoms with van der Waals surface area (Å²) in [5.74, 6) is 1.39. The average Bonchev–Trinajstić information content (AvgIpc) is 2.62. The van der Waals surface area contributed by atoms with Gasteiger partial charge in [0, 0.05) is 12.2 Å². The van der Waals surface area contributed by atoms with E-state index in [1.54, 1.807) is 40.4 Å². The smallest absolute Gasteiger partial charge is 0.203 e. The van der Waals surface area contributed by atoms with Crippen molar-refractivity contribution in [2.24, 2.45) is 0 Å². The van der Waals surface area contributed by atoms with Crippen LogP contribution in [0, 0.1) is 12.7 Å². The second kappa shape index (κ2) is 8.53. The number of thiocarbonyl (C=S) groups is 1. The molecule has 0 radical (unpaired) electrons. The lowest BCUT2D eigenvalue weighted by atomic mass is 10.2. The molecule has 2 rings (SSSR count). The second-order valence-corrected chi connectivity index (χ2v) is 5.71. The van der Waals surface area contributed by atoms with Crippen LogP contribution in [0.3, 0.4) is 0 Å². The van der Waals surface area contributed by atoms with Gasteiger partial charge in [0.1, 0.15) is 5.82 Å². The molecule has 0 aliphatic heterocycles. The minimum atomic E-state index is -0.280. The quantitative estimate of drug-likeness (QED) is 0.763. The Morgan fingerprint density at radius 1 is 1.04 bits per heavy atom. The summed E-state index contributed by atoms with van der Waals surface area (Å²) in [5.41, 5.74) is 2.07. The fraction of sp³-hybridized carbons (Fsp3) is 0.278. The van der Waals surface area contributed by atoms with E-state index in [0.717, 1.165) is 5.56 Å². The Kier molecular flexibility index (Phi) is 6.41. The van der Waals surface area contributed by atoms with Gasteiger partial charge in [0.2, 0.25) is 5.75 Å². The number of benzene rings is 2. The summed E-state index contributed by atoms with van der Waals surface area (Å²) < 4.78 is 29.5. The van der Waals surface area contributed by atoms with Crippen molar-refractivity contribution in [3.8, 4) is 17.2 Å². The largest absolute Gasteiger partial charge is 0.493 e. The fourth-order valence-electron chi connectivity index (χ4n) is 2.27. The highest BCUT2D eigenvalue weighted by molar-refractivity contribution is 7.80. The van der Waals surface area contributed by atoms with Gasteiger partial charge in [-0.1, -0.05) is 6.07 Å². The molecule has 2 aromatic carbocycles. The maximum Gasteiger partial charge on any atom is 0.203 e. The maximum atomic E-state index is 13.6. The molecule has 0 amide bonds. The van der Waals surface area contributed by atoms with E-state index in [9.17, 15) is 4.39 Å². The summed E-state index contributed by atoms with van der Waals surface area (Å²) >= 11 is 5.25. The van der Waals surface area contributed by atoms with Crippen molar-refractivity contribution in [3.05, 3.63) is 47.3 Å². The van der Waals surface area contributed by atoms with Gasteiger partial charge >= 0.3 is 0 Å². The first-order valence-electron chi connectivity index (χ1n) is 7.58. The summed E-state index contributed by atoms with van der Waals surface area (Å²) in [5, 5.41) is 6.41. The van der Waals surface area contributed by atoms with Crippen LogP contribution in [0.1, 0.15) is 11.1 Å². The zero-order valence-corrected chi connectivity index (χ0v) is 15.4. The minimum absolute atomic E-state index is 0.280. The van der Waals surface area contributed by atoms with Crippen molar-refractivity contribution in [1.29, 1.82) is 0 Å². The van der Waals surface area contributed by atoms with Crippen LogP contribution in [0.5, 0.6) is 17.2 Å². The molecule has 0 atom stereocenters. The van der Waals surface area contributed by atoms with Gasteiger partial charge in [-0.05, 0) is 54.5 Å². The third-order valence-electron chi connectivity index (χ3n) is 3.61. The van der Waals surface area contributed by atoms with Gasteiger partial charge in [-0.2, -0.15) is 0 Å². The van der Waals surface area contributed by atoms with E-state index in [4.69, 9.17) is 26.4 Å². The summed E-state index contributed by atoms with van der Waals surface area (Å²) in [6, 6.07) is 8.54. The first kappa shape index (κ1) is 18.8. The number of methoxy groups -OCH3 is 3. The van der Waals surface area contributed by atoms with Crippen LogP contribution in [-0.4, -0.2) is 26.4 Å². The van der Waals surface area contributed by atoms with Crippen LogP contribution in [-0.2, 0) is 6.54 Å². The molecule has 2 aromatic rings. The van der Waals surface area contributed by atoms with Crippen LogP contribution in [0.4, 0.5) is 10.1 Å². The van der Waals surface area contributed by atoms with Crippen LogP contribution < -0.4 is 24.8 Å². The van der Waals surface area contributed by atoms with Crippen LogP contribution in [0.25, 0.3) is 0 Å². The predicted molar refractivity (Wildman–Crippen MR) is 100 cm³/mol. The summed E-state index contributed by atoms with van der Waals surface area (Å²) in [6.45, 7) is 2.15. The van der Waals surface area contributed by atoms with Crippen LogP contribution >= 0.6 is 12.2 Å². The molecule has 7 heteroatoms. The van der Waals surface area contributed by atoms with Gasteiger partial charge in [-0.15, -0.1) is 0 Å². The van der Waals surface area contributed by atoms with Crippen molar-refractivity contribution in [3.63, 3.8) is 0 Å². The number of halogens is 1. The zero-order valence-electron chi connectivity index (χ0n) is 14.6. The minimum Gasteiger partial charge on any atom is -0.493 e. The first-order valence-corrected chi connectivity index (χ1v) is 7.99. The number of nitrogens with one attached hydrogen (secondary N) is 2. The lowest BCUT2D eigenvalue weighted by molar-refractivity contribution is 0.323. The topological polar surface area (TPSA) is 51.8 Å². The van der Waals surface area contributed by atoms with Crippen molar-refractivity contribution in [2.75, 3.05) is 26.6 Å². The zero-order chi connectivity index (χ0) is 18.4. The Hall–Kier alpha value is -2.54. The van der Waals surface area contributed by atoms with Gasteiger partial charge in [0.15, 0.2) is 16.6 Å². The molecular weight excluding hydrogens is 343 g/mol. The predicted octanol–water partition coefficient (Wildman–Crippen LogP) is 3.65. The van der Waals surface area contributed by atoms with E-state index in [1.165, 1.54) is 6.07 Å². The van der Waals surface area contributed by atoms with E-state index in [2.05, 4.69) is 10.6 Å². The standard InChI is InChI=1S/C18H21FN2O3S/c1-11-5-6-13(9-14(11)19)21-18(25)20-10-12-7-15(22-2)17(24-4)16(8-12)23-3/h5-9H,10H2,1-4H3,(H2,20,21,25). The molecule has 0 heterocycles. The Morgan fingerprint density at radius 3 is 2.20 bits per heavy atom.